The second-order valence-corrected chi connectivity index (χ2v) is 17.6. The number of Topliss-reactive ketones (excluding diaryl/α,β-unsaturated/α-hetero) is 1. The van der Waals surface area contributed by atoms with Crippen molar-refractivity contribution in [2.24, 2.45) is 0 Å². The first kappa shape index (κ1) is 47.3. The van der Waals surface area contributed by atoms with Gasteiger partial charge in [-0.2, -0.15) is 0 Å². The minimum atomic E-state index is -4.14. The molecule has 2 saturated heterocycles. The van der Waals surface area contributed by atoms with Crippen LogP contribution in [-0.2, 0) is 54.6 Å². The van der Waals surface area contributed by atoms with Gasteiger partial charge in [-0.1, -0.05) is 59.0 Å². The molecular formula is C46H55N2O13S-. The van der Waals surface area contributed by atoms with Crippen LogP contribution in [-0.4, -0.2) is 98.7 Å². The number of hydrogen-bond donors (Lipinski definition) is 0. The van der Waals surface area contributed by atoms with Gasteiger partial charge in [-0.15, -0.1) is 5.06 Å². The summed E-state index contributed by atoms with van der Waals surface area (Å²) in [6.07, 6.45) is 1.09. The van der Waals surface area contributed by atoms with E-state index in [1.54, 1.807) is 43.4 Å². The molecular weight excluding hydrogens is 821 g/mol. The zero-order valence-electron chi connectivity index (χ0n) is 36.1. The number of carbonyl (C=O) groups excluding carboxylic acids is 6. The highest BCUT2D eigenvalue weighted by molar-refractivity contribution is 7.96. The first-order chi connectivity index (χ1) is 29.4. The fraction of sp³-hybridized carbons (Fsp3) is 0.457. The summed E-state index contributed by atoms with van der Waals surface area (Å²) >= 11 is 0. The lowest BCUT2D eigenvalue weighted by atomic mass is 9.91. The number of amides is 3. The number of esters is 1. The molecule has 2 aliphatic heterocycles. The van der Waals surface area contributed by atoms with Crippen LogP contribution in [0.4, 0.5) is 0 Å². The summed E-state index contributed by atoms with van der Waals surface area (Å²) in [5, 5.41) is -1.65. The van der Waals surface area contributed by atoms with E-state index in [4.69, 9.17) is 23.8 Å². The van der Waals surface area contributed by atoms with Gasteiger partial charge in [-0.05, 0) is 111 Å². The quantitative estimate of drug-likeness (QED) is 0.0824. The first-order valence-electron chi connectivity index (χ1n) is 20.6. The fourth-order valence-electron chi connectivity index (χ4n) is 7.73. The molecule has 62 heavy (non-hydrogen) atoms. The van der Waals surface area contributed by atoms with E-state index < -0.39 is 82.1 Å². The second-order valence-electron chi connectivity index (χ2n) is 15.7. The predicted molar refractivity (Wildman–Crippen MR) is 228 cm³/mol. The Morgan fingerprint density at radius 1 is 0.919 bits per heavy atom. The molecule has 0 saturated carbocycles. The average molecular weight is 876 g/mol. The summed E-state index contributed by atoms with van der Waals surface area (Å²) < 4.78 is 46.6. The number of methoxy groups -OCH3 is 2. The minimum absolute atomic E-state index is 0.0952. The molecule has 3 aromatic carbocycles. The van der Waals surface area contributed by atoms with Crippen LogP contribution in [0.2, 0.25) is 0 Å². The molecule has 5 rings (SSSR count). The Balaban J connectivity index is 1.28. The van der Waals surface area contributed by atoms with Crippen LogP contribution >= 0.6 is 0 Å². The highest BCUT2D eigenvalue weighted by Crippen LogP contribution is 2.37. The van der Waals surface area contributed by atoms with Crippen molar-refractivity contribution in [3.05, 3.63) is 88.0 Å². The standard InChI is InChI=1S/C46H56N2O13S/c1-8-36(33-23-30(4)43(58-6)39(25-33)57-5)44(52)47-21-10-9-14-37(47)46(54)60-38(19-17-31-16-15-28(2)29(3)22-31)32-12-11-13-35(24-32)59-27-34(49)18-20-42(51)61-48-41(50)26-40(45(48)53)62(7,55)56/h11-13,15-16,22-25,36-38,40H,7-10,14,17-21,26-27H2,1-6H3,(H,55,56)/p-1/t36-,37-,38+,40?/m0/s1. The van der Waals surface area contributed by atoms with Crippen LogP contribution in [0.15, 0.2) is 54.6 Å². The SMILES string of the molecule is C=S(=O)([O-])C1CC(=O)N(OC(=O)CCC(=O)COc2cccc([C@@H](CCc3ccc(C)c(C)c3)OC(=O)[C@@H]3CCCCN3C(=O)[C@@H](CC)c3cc(C)c(OC)c(OC)c3)c2)C1=O. The Morgan fingerprint density at radius 3 is 2.34 bits per heavy atom. The highest BCUT2D eigenvalue weighted by atomic mass is 32.2. The van der Waals surface area contributed by atoms with Crippen molar-refractivity contribution in [1.82, 2.24) is 9.96 Å². The maximum absolute atomic E-state index is 14.4. The number of carbonyl (C=O) groups is 6. The van der Waals surface area contributed by atoms with E-state index in [1.807, 2.05) is 52.0 Å². The molecule has 334 valence electrons. The summed E-state index contributed by atoms with van der Waals surface area (Å²) in [5.41, 5.74) is 5.55. The summed E-state index contributed by atoms with van der Waals surface area (Å²) in [6, 6.07) is 15.9. The van der Waals surface area contributed by atoms with Gasteiger partial charge in [-0.3, -0.25) is 23.4 Å². The molecule has 2 fully saturated rings. The molecule has 2 heterocycles. The Hall–Kier alpha value is -5.74. The molecule has 2 aliphatic rings. The summed E-state index contributed by atoms with van der Waals surface area (Å²) in [6.45, 7) is 7.86. The Bertz CT molecular complexity index is 2290. The predicted octanol–water partition coefficient (Wildman–Crippen LogP) is 5.58. The van der Waals surface area contributed by atoms with Gasteiger partial charge in [0.1, 0.15) is 29.8 Å². The largest absolute Gasteiger partial charge is 0.777 e. The summed E-state index contributed by atoms with van der Waals surface area (Å²) in [4.78, 5) is 84.6. The van der Waals surface area contributed by atoms with Crippen molar-refractivity contribution in [1.29, 1.82) is 0 Å². The van der Waals surface area contributed by atoms with E-state index in [9.17, 15) is 37.5 Å². The number of aryl methyl sites for hydroxylation is 4. The van der Waals surface area contributed by atoms with Crippen LogP contribution in [0.3, 0.4) is 0 Å². The van der Waals surface area contributed by atoms with Gasteiger partial charge in [-0.25, -0.2) is 9.59 Å². The summed E-state index contributed by atoms with van der Waals surface area (Å²) in [5.74, 6) is -0.734. The lowest BCUT2D eigenvalue weighted by Gasteiger charge is -2.37. The van der Waals surface area contributed by atoms with Gasteiger partial charge < -0.3 is 33.2 Å². The molecule has 15 nitrogen and oxygen atoms in total. The van der Waals surface area contributed by atoms with Gasteiger partial charge in [0.15, 0.2) is 17.3 Å². The normalized spacial score (nSPS) is 18.4. The van der Waals surface area contributed by atoms with Crippen LogP contribution in [0.1, 0.15) is 104 Å². The molecule has 0 radical (unpaired) electrons. The average Bonchev–Trinajstić information content (AvgIpc) is 3.53. The number of piperidine rings is 1. The molecule has 0 aliphatic carbocycles. The third-order valence-electron chi connectivity index (χ3n) is 11.3. The number of ketones is 1. The lowest BCUT2D eigenvalue weighted by molar-refractivity contribution is -0.197. The third-order valence-corrected chi connectivity index (χ3v) is 12.5. The molecule has 2 unspecified atom stereocenters. The van der Waals surface area contributed by atoms with Crippen molar-refractivity contribution in [3.63, 3.8) is 0 Å². The third kappa shape index (κ3) is 11.6. The molecule has 0 spiro atoms. The van der Waals surface area contributed by atoms with E-state index in [0.717, 1.165) is 40.7 Å². The van der Waals surface area contributed by atoms with Crippen molar-refractivity contribution in [2.45, 2.75) is 109 Å². The van der Waals surface area contributed by atoms with E-state index in [0.29, 0.717) is 55.0 Å². The molecule has 0 aromatic heterocycles. The number of nitrogens with zero attached hydrogens (tertiary/aromatic N) is 2. The Kier molecular flexibility index (Phi) is 15.9. The number of imide groups is 1. The monoisotopic (exact) mass is 875 g/mol. The van der Waals surface area contributed by atoms with Crippen molar-refractivity contribution in [2.75, 3.05) is 27.4 Å². The Labute approximate surface area is 362 Å². The smallest absolute Gasteiger partial charge is 0.333 e. The molecule has 16 heteroatoms. The van der Waals surface area contributed by atoms with Crippen molar-refractivity contribution >= 4 is 51.1 Å². The Morgan fingerprint density at radius 2 is 1.68 bits per heavy atom. The topological polar surface area (TPSA) is 195 Å². The van der Waals surface area contributed by atoms with Gasteiger partial charge in [0.05, 0.1) is 33.0 Å². The van der Waals surface area contributed by atoms with Gasteiger partial charge in [0.25, 0.3) is 11.8 Å². The maximum Gasteiger partial charge on any atom is 0.333 e. The van der Waals surface area contributed by atoms with Gasteiger partial charge >= 0.3 is 11.9 Å². The van der Waals surface area contributed by atoms with E-state index in [1.165, 1.54) is 0 Å². The number of hydroxylamine groups is 2. The first-order valence-corrected chi connectivity index (χ1v) is 22.4. The molecule has 3 aromatic rings. The van der Waals surface area contributed by atoms with Crippen molar-refractivity contribution in [3.8, 4) is 17.2 Å². The molecule has 5 atom stereocenters. The van der Waals surface area contributed by atoms with E-state index >= 15 is 0 Å². The van der Waals surface area contributed by atoms with E-state index in [-0.39, 0.29) is 17.4 Å². The van der Waals surface area contributed by atoms with Crippen LogP contribution in [0, 0.1) is 20.8 Å². The number of benzene rings is 3. The minimum Gasteiger partial charge on any atom is -0.777 e. The number of ether oxygens (including phenoxy) is 4. The van der Waals surface area contributed by atoms with Crippen LogP contribution in [0.5, 0.6) is 17.2 Å². The van der Waals surface area contributed by atoms with E-state index in [2.05, 4.69) is 11.9 Å². The van der Waals surface area contributed by atoms with Crippen LogP contribution < -0.4 is 14.2 Å². The zero-order valence-corrected chi connectivity index (χ0v) is 36.9. The van der Waals surface area contributed by atoms with Gasteiger partial charge in [0.2, 0.25) is 5.91 Å². The number of rotatable bonds is 19. The second kappa shape index (κ2) is 20.9. The number of hydrogen-bond acceptors (Lipinski definition) is 13. The van der Waals surface area contributed by atoms with Gasteiger partial charge in [0, 0.05) is 13.0 Å². The maximum atomic E-state index is 14.4. The van der Waals surface area contributed by atoms with Crippen molar-refractivity contribution < 1.29 is 61.3 Å². The molecule has 3 amide bonds. The highest BCUT2D eigenvalue weighted by Gasteiger charge is 2.43. The lowest BCUT2D eigenvalue weighted by Crippen LogP contribution is -2.50. The molecule has 0 N–H and O–H groups in total. The zero-order chi connectivity index (χ0) is 45.3. The van der Waals surface area contributed by atoms with Crippen LogP contribution in [0.25, 0.3) is 0 Å². The molecule has 0 bridgehead atoms. The fourth-order valence-corrected chi connectivity index (χ4v) is 8.53. The number of likely N-dealkylation sites (tertiary alicyclic amines) is 1. The summed E-state index contributed by atoms with van der Waals surface area (Å²) in [7, 11) is -1.03.